The van der Waals surface area contributed by atoms with Crippen LogP contribution >= 0.6 is 0 Å². The van der Waals surface area contributed by atoms with Gasteiger partial charge in [0, 0.05) is 12.5 Å². The molecule has 2 aromatic carbocycles. The summed E-state index contributed by atoms with van der Waals surface area (Å²) in [5.74, 6) is 0.146. The van der Waals surface area contributed by atoms with Crippen LogP contribution < -0.4 is 10.5 Å². The summed E-state index contributed by atoms with van der Waals surface area (Å²) in [5, 5.41) is 10.1. The number of primary sulfonamides is 1. The molecule has 0 aliphatic heterocycles. The zero-order valence-electron chi connectivity index (χ0n) is 12.7. The van der Waals surface area contributed by atoms with Crippen LogP contribution in [0.3, 0.4) is 0 Å². The second-order valence-corrected chi connectivity index (χ2v) is 7.80. The molecule has 0 heterocycles. The van der Waals surface area contributed by atoms with E-state index in [9.17, 15) is 13.2 Å². The van der Waals surface area contributed by atoms with E-state index < -0.39 is 10.0 Å². The van der Waals surface area contributed by atoms with Gasteiger partial charge in [-0.2, -0.15) is 0 Å². The standard InChI is InChI=1S/C17H20N2O3S/c18-23(21,22)9-3-8-19-17(20)16-11-15(16)14-7-6-12-4-1-2-5-13(12)10-14/h1-2,4-7,10,15-16H,3,8-9,11H2,(H,19,20)(H2,18,21,22). The maximum atomic E-state index is 12.1. The van der Waals surface area contributed by atoms with Gasteiger partial charge < -0.3 is 5.32 Å². The van der Waals surface area contributed by atoms with Crippen molar-refractivity contribution >= 4 is 26.7 Å². The predicted molar refractivity (Wildman–Crippen MR) is 90.4 cm³/mol. The molecule has 0 radical (unpaired) electrons. The van der Waals surface area contributed by atoms with E-state index in [1.807, 2.05) is 12.1 Å². The topological polar surface area (TPSA) is 89.3 Å². The van der Waals surface area contributed by atoms with Crippen molar-refractivity contribution in [3.05, 3.63) is 48.0 Å². The van der Waals surface area contributed by atoms with Crippen molar-refractivity contribution in [2.75, 3.05) is 12.3 Å². The van der Waals surface area contributed by atoms with Gasteiger partial charge in [0.2, 0.25) is 15.9 Å². The molecule has 0 bridgehead atoms. The van der Waals surface area contributed by atoms with Gasteiger partial charge in [-0.15, -0.1) is 0 Å². The molecule has 1 aliphatic rings. The molecule has 1 aliphatic carbocycles. The number of nitrogens with one attached hydrogen (secondary N) is 1. The SMILES string of the molecule is NS(=O)(=O)CCCNC(=O)C1CC1c1ccc2ccccc2c1. The van der Waals surface area contributed by atoms with Gasteiger partial charge in [0.1, 0.15) is 0 Å². The van der Waals surface area contributed by atoms with Gasteiger partial charge >= 0.3 is 0 Å². The molecule has 1 saturated carbocycles. The van der Waals surface area contributed by atoms with Crippen LogP contribution in [0.2, 0.25) is 0 Å². The fraction of sp³-hybridized carbons (Fsp3) is 0.353. The van der Waals surface area contributed by atoms with Gasteiger partial charge in [-0.25, -0.2) is 13.6 Å². The smallest absolute Gasteiger partial charge is 0.223 e. The van der Waals surface area contributed by atoms with E-state index in [-0.39, 0.29) is 23.5 Å². The average molecular weight is 332 g/mol. The third kappa shape index (κ3) is 4.09. The number of sulfonamides is 1. The van der Waals surface area contributed by atoms with Crippen LogP contribution in [0.25, 0.3) is 10.8 Å². The normalized spacial score (nSPS) is 20.4. The molecular weight excluding hydrogens is 312 g/mol. The summed E-state index contributed by atoms with van der Waals surface area (Å²) in [4.78, 5) is 12.1. The summed E-state index contributed by atoms with van der Waals surface area (Å²) >= 11 is 0. The molecule has 3 rings (SSSR count). The van der Waals surface area contributed by atoms with E-state index >= 15 is 0 Å². The quantitative estimate of drug-likeness (QED) is 0.790. The Morgan fingerprint density at radius 1 is 1.17 bits per heavy atom. The van der Waals surface area contributed by atoms with E-state index in [4.69, 9.17) is 5.14 Å². The fourth-order valence-corrected chi connectivity index (χ4v) is 3.45. The molecule has 23 heavy (non-hydrogen) atoms. The van der Waals surface area contributed by atoms with Crippen LogP contribution in [0.5, 0.6) is 0 Å². The highest BCUT2D eigenvalue weighted by atomic mass is 32.2. The summed E-state index contributed by atoms with van der Waals surface area (Å²) < 4.78 is 21.7. The third-order valence-corrected chi connectivity index (χ3v) is 5.09. The minimum atomic E-state index is -3.45. The Morgan fingerprint density at radius 2 is 1.91 bits per heavy atom. The number of hydrogen-bond donors (Lipinski definition) is 2. The van der Waals surface area contributed by atoms with Gasteiger partial charge in [0.15, 0.2) is 0 Å². The average Bonchev–Trinajstić information content (AvgIpc) is 3.30. The van der Waals surface area contributed by atoms with Gasteiger partial charge in [0.25, 0.3) is 0 Å². The van der Waals surface area contributed by atoms with Crippen LogP contribution in [0.15, 0.2) is 42.5 Å². The molecule has 3 N–H and O–H groups in total. The molecule has 2 aromatic rings. The van der Waals surface area contributed by atoms with E-state index in [0.29, 0.717) is 13.0 Å². The highest BCUT2D eigenvalue weighted by molar-refractivity contribution is 7.89. The van der Waals surface area contributed by atoms with Crippen LogP contribution in [-0.2, 0) is 14.8 Å². The van der Waals surface area contributed by atoms with Gasteiger partial charge in [-0.3, -0.25) is 4.79 Å². The highest BCUT2D eigenvalue weighted by Gasteiger charge is 2.43. The second-order valence-electron chi connectivity index (χ2n) is 6.07. The zero-order chi connectivity index (χ0) is 16.4. The van der Waals surface area contributed by atoms with Crippen LogP contribution in [0.4, 0.5) is 0 Å². The number of amides is 1. The van der Waals surface area contributed by atoms with Gasteiger partial charge in [-0.05, 0) is 35.1 Å². The van der Waals surface area contributed by atoms with Gasteiger partial charge in [-0.1, -0.05) is 42.5 Å². The largest absolute Gasteiger partial charge is 0.356 e. The molecule has 2 unspecified atom stereocenters. The molecule has 2 atom stereocenters. The second kappa shape index (κ2) is 6.29. The predicted octanol–water partition coefficient (Wildman–Crippen LogP) is 1.74. The minimum Gasteiger partial charge on any atom is -0.356 e. The molecule has 0 aromatic heterocycles. The lowest BCUT2D eigenvalue weighted by Crippen LogP contribution is -2.28. The van der Waals surface area contributed by atoms with Crippen molar-refractivity contribution in [1.82, 2.24) is 5.32 Å². The summed E-state index contributed by atoms with van der Waals surface area (Å²) in [5.41, 5.74) is 1.19. The van der Waals surface area contributed by atoms with Crippen molar-refractivity contribution < 1.29 is 13.2 Å². The summed E-state index contributed by atoms with van der Waals surface area (Å²) in [6.45, 7) is 0.343. The summed E-state index contributed by atoms with van der Waals surface area (Å²) in [6, 6.07) is 14.5. The van der Waals surface area contributed by atoms with E-state index in [1.54, 1.807) is 0 Å². The maximum Gasteiger partial charge on any atom is 0.223 e. The Hall–Kier alpha value is -1.92. The number of rotatable bonds is 6. The van der Waals surface area contributed by atoms with E-state index in [2.05, 4.69) is 35.6 Å². The first-order valence-corrected chi connectivity index (χ1v) is 9.42. The van der Waals surface area contributed by atoms with Crippen molar-refractivity contribution in [2.24, 2.45) is 11.1 Å². The Bertz CT molecular complexity index is 833. The van der Waals surface area contributed by atoms with E-state index in [1.165, 1.54) is 16.3 Å². The summed E-state index contributed by atoms with van der Waals surface area (Å²) in [6.07, 6.45) is 1.19. The number of hydrogen-bond acceptors (Lipinski definition) is 3. The lowest BCUT2D eigenvalue weighted by Gasteiger charge is -2.05. The maximum absolute atomic E-state index is 12.1. The van der Waals surface area contributed by atoms with Crippen LogP contribution in [0.1, 0.15) is 24.3 Å². The number of nitrogens with two attached hydrogens (primary N) is 1. The highest BCUT2D eigenvalue weighted by Crippen LogP contribution is 2.48. The number of carbonyl (C=O) groups excluding carboxylic acids is 1. The monoisotopic (exact) mass is 332 g/mol. The Labute approximate surface area is 135 Å². The molecule has 5 nitrogen and oxygen atoms in total. The first kappa shape index (κ1) is 16.0. The number of carbonyl (C=O) groups is 1. The molecule has 1 amide bonds. The van der Waals surface area contributed by atoms with Crippen LogP contribution in [-0.4, -0.2) is 26.6 Å². The number of benzene rings is 2. The third-order valence-electron chi connectivity index (χ3n) is 4.23. The lowest BCUT2D eigenvalue weighted by atomic mass is 10.0. The van der Waals surface area contributed by atoms with Crippen molar-refractivity contribution in [3.63, 3.8) is 0 Å². The zero-order valence-corrected chi connectivity index (χ0v) is 13.6. The lowest BCUT2D eigenvalue weighted by molar-refractivity contribution is -0.122. The molecular formula is C17H20N2O3S. The van der Waals surface area contributed by atoms with E-state index in [0.717, 1.165) is 6.42 Å². The minimum absolute atomic E-state index is 0.00224. The Morgan fingerprint density at radius 3 is 2.65 bits per heavy atom. The van der Waals surface area contributed by atoms with Gasteiger partial charge in [0.05, 0.1) is 5.75 Å². The number of fused-ring (bicyclic) bond motifs is 1. The fourth-order valence-electron chi connectivity index (χ4n) is 2.91. The molecule has 0 saturated heterocycles. The molecule has 6 heteroatoms. The van der Waals surface area contributed by atoms with Crippen molar-refractivity contribution in [3.8, 4) is 0 Å². The first-order valence-electron chi connectivity index (χ1n) is 7.71. The van der Waals surface area contributed by atoms with Crippen molar-refractivity contribution in [1.29, 1.82) is 0 Å². The summed E-state index contributed by atoms with van der Waals surface area (Å²) in [7, 11) is -3.45. The van der Waals surface area contributed by atoms with Crippen LogP contribution in [0, 0.1) is 5.92 Å². The Kier molecular flexibility index (Phi) is 4.37. The molecule has 122 valence electrons. The molecule has 1 fully saturated rings. The first-order chi connectivity index (χ1) is 10.9. The van der Waals surface area contributed by atoms with Crippen molar-refractivity contribution in [2.45, 2.75) is 18.8 Å². The molecule has 0 spiro atoms. The Balaban J connectivity index is 1.54.